The minimum atomic E-state index is -3.87. The lowest BCUT2D eigenvalue weighted by molar-refractivity contribution is 0.0912. The summed E-state index contributed by atoms with van der Waals surface area (Å²) in [6.45, 7) is 0.0433. The summed E-state index contributed by atoms with van der Waals surface area (Å²) in [5, 5.41) is 3.71. The molecule has 0 atom stereocenters. The maximum Gasteiger partial charge on any atom is 0.305 e. The van der Waals surface area contributed by atoms with Crippen LogP contribution in [0.4, 0.5) is 11.6 Å². The number of furan rings is 1. The Morgan fingerprint density at radius 3 is 2.45 bits per heavy atom. The van der Waals surface area contributed by atoms with Gasteiger partial charge in [0.05, 0.1) is 9.92 Å². The highest BCUT2D eigenvalue weighted by Crippen LogP contribution is 2.28. The molecule has 0 saturated carbocycles. The molecule has 4 aromatic rings. The maximum atomic E-state index is 12.5. The van der Waals surface area contributed by atoms with Crippen LogP contribution < -0.4 is 25.6 Å². The van der Waals surface area contributed by atoms with Gasteiger partial charge in [-0.1, -0.05) is 23.2 Å². The fourth-order valence-electron chi connectivity index (χ4n) is 2.90. The van der Waals surface area contributed by atoms with Crippen LogP contribution in [-0.4, -0.2) is 29.4 Å². The summed E-state index contributed by atoms with van der Waals surface area (Å²) in [5.41, 5.74) is 5.42. The molecule has 4 rings (SSSR count). The van der Waals surface area contributed by atoms with Crippen LogP contribution >= 0.6 is 35.4 Å². The average Bonchev–Trinajstić information content (AvgIpc) is 3.37. The van der Waals surface area contributed by atoms with Crippen molar-refractivity contribution in [1.82, 2.24) is 20.8 Å². The number of aromatic nitrogens is 2. The van der Waals surface area contributed by atoms with E-state index in [1.807, 2.05) is 0 Å². The summed E-state index contributed by atoms with van der Waals surface area (Å²) in [4.78, 5) is 20.0. The minimum Gasteiger partial charge on any atom is -0.484 e. The number of benzene rings is 2. The number of thiocarbonyl (C=S) groups is 1. The lowest BCUT2D eigenvalue weighted by Gasteiger charge is -2.12. The molecule has 4 N–H and O–H groups in total. The van der Waals surface area contributed by atoms with Gasteiger partial charge in [-0.25, -0.2) is 23.1 Å². The Morgan fingerprint density at radius 1 is 1.00 bits per heavy atom. The van der Waals surface area contributed by atoms with E-state index in [1.165, 1.54) is 42.7 Å². The molecule has 0 aliphatic rings. The molecule has 2 heterocycles. The molecule has 0 bridgehead atoms. The monoisotopic (exact) mass is 592 g/mol. The van der Waals surface area contributed by atoms with Crippen LogP contribution in [0.3, 0.4) is 0 Å². The Balaban J connectivity index is 1.25. The van der Waals surface area contributed by atoms with Crippen molar-refractivity contribution in [3.63, 3.8) is 0 Å². The topological polar surface area (TPSA) is 147 Å². The van der Waals surface area contributed by atoms with Gasteiger partial charge < -0.3 is 14.5 Å². The number of halogens is 2. The Hall–Kier alpha value is -3.91. The Morgan fingerprint density at radius 2 is 1.74 bits per heavy atom. The Labute approximate surface area is 232 Å². The fraction of sp³-hybridized carbons (Fsp3) is 0.0435. The van der Waals surface area contributed by atoms with Gasteiger partial charge in [-0.05, 0) is 72.9 Å². The van der Waals surface area contributed by atoms with Crippen LogP contribution in [0.25, 0.3) is 0 Å². The van der Waals surface area contributed by atoms with Gasteiger partial charge in [-0.15, -0.1) is 0 Å². The normalized spacial score (nSPS) is 10.9. The maximum absolute atomic E-state index is 12.5. The summed E-state index contributed by atoms with van der Waals surface area (Å²) in [6, 6.07) is 15.2. The van der Waals surface area contributed by atoms with Gasteiger partial charge in [0.15, 0.2) is 10.9 Å². The summed E-state index contributed by atoms with van der Waals surface area (Å²) in [5.74, 6) is 0.206. The smallest absolute Gasteiger partial charge is 0.305 e. The molecule has 1 amide bonds. The van der Waals surface area contributed by atoms with Gasteiger partial charge in [0.1, 0.15) is 18.1 Å². The highest BCUT2D eigenvalue weighted by molar-refractivity contribution is 7.92. The molecule has 0 aliphatic carbocycles. The highest BCUT2D eigenvalue weighted by Gasteiger charge is 2.16. The molecule has 196 valence electrons. The largest absolute Gasteiger partial charge is 0.484 e. The molecule has 0 radical (unpaired) electrons. The summed E-state index contributed by atoms with van der Waals surface area (Å²) in [7, 11) is -3.87. The van der Waals surface area contributed by atoms with Gasteiger partial charge in [-0.3, -0.25) is 15.6 Å². The number of rotatable bonds is 8. The predicted octanol–water partition coefficient (Wildman–Crippen LogP) is 4.39. The first-order chi connectivity index (χ1) is 18.2. The second-order valence-corrected chi connectivity index (χ2v) is 10.3. The molecule has 15 heteroatoms. The third kappa shape index (κ3) is 7.32. The van der Waals surface area contributed by atoms with Crippen LogP contribution in [0.1, 0.15) is 16.3 Å². The van der Waals surface area contributed by atoms with E-state index in [1.54, 1.807) is 30.3 Å². The molecule has 0 saturated heterocycles. The van der Waals surface area contributed by atoms with Crippen molar-refractivity contribution in [1.29, 1.82) is 0 Å². The molecular formula is C23H18Cl2N6O5S2. The quantitative estimate of drug-likeness (QED) is 0.171. The number of hydrogen-bond acceptors (Lipinski definition) is 8. The molecule has 38 heavy (non-hydrogen) atoms. The first-order valence-electron chi connectivity index (χ1n) is 10.6. The number of carbonyl (C=O) groups is 1. The lowest BCUT2D eigenvalue weighted by atomic mass is 10.3. The van der Waals surface area contributed by atoms with E-state index in [0.29, 0.717) is 27.2 Å². The van der Waals surface area contributed by atoms with Gasteiger partial charge in [-0.2, -0.15) is 0 Å². The molecule has 0 fully saturated rings. The van der Waals surface area contributed by atoms with E-state index in [0.717, 1.165) is 0 Å². The average molecular weight is 593 g/mol. The summed E-state index contributed by atoms with van der Waals surface area (Å²) >= 11 is 17.1. The zero-order valence-electron chi connectivity index (χ0n) is 19.1. The standard InChI is InChI=1S/C23H18Cl2N6O5S2/c24-14-2-8-19(18(25)12-14)35-13-16-5-9-20(36-16)21(32)29-30-23(37)28-15-3-6-17(7-4-15)38(33,34)31-22-26-10-1-11-27-22/h1-12H,13H2,(H,29,32)(H,26,27,31)(H2,28,30,37). The predicted molar refractivity (Wildman–Crippen MR) is 146 cm³/mol. The summed E-state index contributed by atoms with van der Waals surface area (Å²) in [6.07, 6.45) is 2.84. The van der Waals surface area contributed by atoms with Crippen molar-refractivity contribution in [2.75, 3.05) is 10.0 Å². The molecule has 2 aromatic heterocycles. The van der Waals surface area contributed by atoms with E-state index in [2.05, 4.69) is 30.9 Å². The van der Waals surface area contributed by atoms with Crippen LogP contribution in [0.15, 0.2) is 82.4 Å². The second kappa shape index (κ2) is 12.1. The van der Waals surface area contributed by atoms with Crippen LogP contribution in [0.2, 0.25) is 10.0 Å². The number of anilines is 2. The zero-order valence-corrected chi connectivity index (χ0v) is 22.3. The van der Waals surface area contributed by atoms with E-state index in [9.17, 15) is 13.2 Å². The number of hydrogen-bond donors (Lipinski definition) is 4. The first kappa shape index (κ1) is 27.1. The van der Waals surface area contributed by atoms with Crippen LogP contribution in [0.5, 0.6) is 5.75 Å². The van der Waals surface area contributed by atoms with Crippen molar-refractivity contribution in [3.05, 3.63) is 94.6 Å². The number of amides is 1. The van der Waals surface area contributed by atoms with E-state index in [4.69, 9.17) is 44.6 Å². The Bertz CT molecular complexity index is 1550. The third-order valence-electron chi connectivity index (χ3n) is 4.65. The molecule has 2 aromatic carbocycles. The first-order valence-corrected chi connectivity index (χ1v) is 13.3. The van der Waals surface area contributed by atoms with Crippen LogP contribution in [-0.2, 0) is 16.6 Å². The van der Waals surface area contributed by atoms with Gasteiger partial charge in [0.2, 0.25) is 5.95 Å². The van der Waals surface area contributed by atoms with Crippen molar-refractivity contribution in [3.8, 4) is 5.75 Å². The van der Waals surface area contributed by atoms with Gasteiger partial charge >= 0.3 is 5.91 Å². The molecule has 0 spiro atoms. The molecular weight excluding hydrogens is 575 g/mol. The summed E-state index contributed by atoms with van der Waals surface area (Å²) < 4.78 is 38.3. The minimum absolute atomic E-state index is 0.00128. The number of ether oxygens (including phenoxy) is 1. The number of nitrogens with one attached hydrogen (secondary N) is 4. The molecule has 0 aliphatic heterocycles. The van der Waals surface area contributed by atoms with Crippen LogP contribution in [0, 0.1) is 0 Å². The zero-order chi connectivity index (χ0) is 27.1. The van der Waals surface area contributed by atoms with E-state index in [-0.39, 0.29) is 28.3 Å². The van der Waals surface area contributed by atoms with Crippen molar-refractivity contribution in [2.45, 2.75) is 11.5 Å². The SMILES string of the molecule is O=C(NNC(=S)Nc1ccc(S(=O)(=O)Nc2ncccn2)cc1)c1ccc(COc2ccc(Cl)cc2Cl)o1. The number of sulfonamides is 1. The number of hydrazine groups is 1. The highest BCUT2D eigenvalue weighted by atomic mass is 35.5. The second-order valence-electron chi connectivity index (χ2n) is 7.36. The van der Waals surface area contributed by atoms with Crippen molar-refractivity contribution in [2.24, 2.45) is 0 Å². The number of nitrogens with zero attached hydrogens (tertiary/aromatic N) is 2. The lowest BCUT2D eigenvalue weighted by Crippen LogP contribution is -2.43. The van der Waals surface area contributed by atoms with Gasteiger partial charge in [0, 0.05) is 23.1 Å². The van der Waals surface area contributed by atoms with Crippen molar-refractivity contribution < 1.29 is 22.4 Å². The molecule has 11 nitrogen and oxygen atoms in total. The van der Waals surface area contributed by atoms with E-state index >= 15 is 0 Å². The van der Waals surface area contributed by atoms with Crippen molar-refractivity contribution >= 4 is 68.1 Å². The molecule has 0 unspecified atom stereocenters. The van der Waals surface area contributed by atoms with Gasteiger partial charge in [0.25, 0.3) is 10.0 Å². The van der Waals surface area contributed by atoms with E-state index < -0.39 is 15.9 Å². The fourth-order valence-corrected chi connectivity index (χ4v) is 4.49. The number of carbonyl (C=O) groups excluding carboxylic acids is 1. The third-order valence-corrected chi connectivity index (χ3v) is 6.73. The Kier molecular flexibility index (Phi) is 8.63.